The van der Waals surface area contributed by atoms with Gasteiger partial charge in [0.25, 0.3) is 0 Å². The zero-order chi connectivity index (χ0) is 19.9. The summed E-state index contributed by atoms with van der Waals surface area (Å²) in [5.41, 5.74) is 3.15. The molecule has 1 aliphatic rings. The Kier molecular flexibility index (Phi) is 6.12. The Morgan fingerprint density at radius 2 is 1.52 bits per heavy atom. The van der Waals surface area contributed by atoms with Crippen LogP contribution in [0.5, 0.6) is 0 Å². The van der Waals surface area contributed by atoms with Gasteiger partial charge in [0.05, 0.1) is 12.2 Å². The normalized spacial score (nSPS) is 14.6. The van der Waals surface area contributed by atoms with Crippen molar-refractivity contribution < 1.29 is 4.79 Å². The summed E-state index contributed by atoms with van der Waals surface area (Å²) in [4.78, 5) is 16.8. The molecule has 6 heteroatoms. The highest BCUT2D eigenvalue weighted by Gasteiger charge is 2.20. The third-order valence-electron chi connectivity index (χ3n) is 5.13. The highest BCUT2D eigenvalue weighted by Crippen LogP contribution is 2.16. The van der Waals surface area contributed by atoms with Gasteiger partial charge in [-0.3, -0.25) is 9.69 Å². The van der Waals surface area contributed by atoms with Crippen molar-refractivity contribution >= 4 is 11.7 Å². The summed E-state index contributed by atoms with van der Waals surface area (Å²) < 4.78 is 0. The molecule has 1 saturated heterocycles. The fraction of sp³-hybridized carbons (Fsp3) is 0.261. The molecule has 2 heterocycles. The Balaban J connectivity index is 1.23. The zero-order valence-electron chi connectivity index (χ0n) is 16.4. The highest BCUT2D eigenvalue weighted by molar-refractivity contribution is 5.80. The minimum absolute atomic E-state index is 0.0956. The summed E-state index contributed by atoms with van der Waals surface area (Å²) >= 11 is 0. The van der Waals surface area contributed by atoms with Crippen LogP contribution in [-0.4, -0.2) is 58.6 Å². The Hall–Kier alpha value is -3.25. The van der Waals surface area contributed by atoms with E-state index in [1.54, 1.807) is 0 Å². The van der Waals surface area contributed by atoms with Crippen LogP contribution in [0.2, 0.25) is 0 Å². The van der Waals surface area contributed by atoms with E-state index in [1.807, 2.05) is 53.4 Å². The van der Waals surface area contributed by atoms with E-state index >= 15 is 0 Å². The van der Waals surface area contributed by atoms with Gasteiger partial charge in [-0.15, -0.1) is 10.2 Å². The van der Waals surface area contributed by atoms with Gasteiger partial charge in [0, 0.05) is 38.3 Å². The van der Waals surface area contributed by atoms with Gasteiger partial charge in [0.1, 0.15) is 5.82 Å². The van der Waals surface area contributed by atoms with Crippen LogP contribution >= 0.6 is 0 Å². The predicted molar refractivity (Wildman–Crippen MR) is 114 cm³/mol. The van der Waals surface area contributed by atoms with Gasteiger partial charge in [-0.2, -0.15) is 0 Å². The molecular weight excluding hydrogens is 362 g/mol. The highest BCUT2D eigenvalue weighted by atomic mass is 16.2. The van der Waals surface area contributed by atoms with Crippen molar-refractivity contribution in [2.75, 3.05) is 38.0 Å². The van der Waals surface area contributed by atoms with Gasteiger partial charge in [-0.25, -0.2) is 0 Å². The lowest BCUT2D eigenvalue weighted by Gasteiger charge is -2.34. The molecule has 3 aromatic rings. The molecule has 0 saturated carbocycles. The van der Waals surface area contributed by atoms with E-state index in [0.29, 0.717) is 5.82 Å². The van der Waals surface area contributed by atoms with Crippen molar-refractivity contribution in [3.63, 3.8) is 0 Å². The van der Waals surface area contributed by atoms with Crippen molar-refractivity contribution in [1.29, 1.82) is 0 Å². The maximum atomic E-state index is 12.5. The molecule has 0 unspecified atom stereocenters. The molecule has 0 aliphatic carbocycles. The van der Waals surface area contributed by atoms with Crippen LogP contribution in [0, 0.1) is 0 Å². The predicted octanol–water partition coefficient (Wildman–Crippen LogP) is 2.90. The molecule has 2 aromatic carbocycles. The second-order valence-corrected chi connectivity index (χ2v) is 7.17. The van der Waals surface area contributed by atoms with Gasteiger partial charge < -0.3 is 10.2 Å². The van der Waals surface area contributed by atoms with Gasteiger partial charge in [0.2, 0.25) is 5.91 Å². The number of carbonyl (C=O) groups excluding carboxylic acids is 1. The maximum Gasteiger partial charge on any atom is 0.242 e. The monoisotopic (exact) mass is 387 g/mol. The van der Waals surface area contributed by atoms with Crippen molar-refractivity contribution in [2.24, 2.45) is 0 Å². The van der Waals surface area contributed by atoms with Gasteiger partial charge in [-0.05, 0) is 17.7 Å². The average molecular weight is 387 g/mol. The fourth-order valence-electron chi connectivity index (χ4n) is 3.46. The third kappa shape index (κ3) is 5.18. The second kappa shape index (κ2) is 9.30. The van der Waals surface area contributed by atoms with E-state index in [1.165, 1.54) is 5.56 Å². The Bertz CT molecular complexity index is 907. The van der Waals surface area contributed by atoms with E-state index < -0.39 is 0 Å². The van der Waals surface area contributed by atoms with Crippen LogP contribution in [0.25, 0.3) is 11.3 Å². The molecule has 6 nitrogen and oxygen atoms in total. The summed E-state index contributed by atoms with van der Waals surface area (Å²) in [5, 5.41) is 11.5. The smallest absolute Gasteiger partial charge is 0.242 e. The summed E-state index contributed by atoms with van der Waals surface area (Å²) in [6.45, 7) is 4.47. The van der Waals surface area contributed by atoms with E-state index in [4.69, 9.17) is 0 Å². The number of nitrogens with one attached hydrogen (secondary N) is 1. The first kappa shape index (κ1) is 19.1. The first-order chi connectivity index (χ1) is 14.3. The lowest BCUT2D eigenvalue weighted by atomic mass is 10.1. The number of aromatic nitrogens is 2. The zero-order valence-corrected chi connectivity index (χ0v) is 16.4. The fourth-order valence-corrected chi connectivity index (χ4v) is 3.46. The van der Waals surface area contributed by atoms with E-state index in [-0.39, 0.29) is 12.5 Å². The van der Waals surface area contributed by atoms with Gasteiger partial charge in [0.15, 0.2) is 0 Å². The summed E-state index contributed by atoms with van der Waals surface area (Å²) in [5.74, 6) is 0.707. The molecule has 4 rings (SSSR count). The number of piperazine rings is 1. The van der Waals surface area contributed by atoms with Crippen molar-refractivity contribution in [3.05, 3.63) is 78.4 Å². The molecule has 1 fully saturated rings. The van der Waals surface area contributed by atoms with Crippen molar-refractivity contribution in [1.82, 2.24) is 20.0 Å². The Morgan fingerprint density at radius 1 is 0.828 bits per heavy atom. The Labute approximate surface area is 171 Å². The number of anilines is 1. The molecular formula is C23H25N5O. The molecule has 1 aliphatic heterocycles. The van der Waals surface area contributed by atoms with Crippen LogP contribution < -0.4 is 5.32 Å². The molecule has 0 atom stereocenters. The molecule has 29 heavy (non-hydrogen) atoms. The van der Waals surface area contributed by atoms with E-state index in [0.717, 1.165) is 44.0 Å². The third-order valence-corrected chi connectivity index (χ3v) is 5.13. The number of hydrogen-bond acceptors (Lipinski definition) is 5. The van der Waals surface area contributed by atoms with Crippen LogP contribution in [0.3, 0.4) is 0 Å². The molecule has 148 valence electrons. The number of hydrogen-bond donors (Lipinski definition) is 1. The molecule has 0 radical (unpaired) electrons. The van der Waals surface area contributed by atoms with Crippen molar-refractivity contribution in [3.8, 4) is 11.3 Å². The molecule has 0 bridgehead atoms. The number of rotatable bonds is 6. The van der Waals surface area contributed by atoms with Gasteiger partial charge in [-0.1, -0.05) is 60.7 Å². The number of amides is 1. The standard InChI is InChI=1S/C23H25N5O/c29-23(28-15-13-27(14-16-28)18-19-7-3-1-4-8-19)17-24-22-12-11-21(25-26-22)20-9-5-2-6-10-20/h1-12H,13-18H2,(H,24,26). The first-order valence-electron chi connectivity index (χ1n) is 9.95. The maximum absolute atomic E-state index is 12.5. The molecule has 1 N–H and O–H groups in total. The van der Waals surface area contributed by atoms with Gasteiger partial charge >= 0.3 is 0 Å². The molecule has 1 aromatic heterocycles. The van der Waals surface area contributed by atoms with Crippen LogP contribution in [-0.2, 0) is 11.3 Å². The SMILES string of the molecule is O=C(CNc1ccc(-c2ccccc2)nn1)N1CCN(Cc2ccccc2)CC1. The summed E-state index contributed by atoms with van der Waals surface area (Å²) in [7, 11) is 0. The van der Waals surface area contributed by atoms with Crippen LogP contribution in [0.1, 0.15) is 5.56 Å². The Morgan fingerprint density at radius 3 is 2.17 bits per heavy atom. The molecule has 0 spiro atoms. The van der Waals surface area contributed by atoms with Crippen LogP contribution in [0.15, 0.2) is 72.8 Å². The van der Waals surface area contributed by atoms with Crippen LogP contribution in [0.4, 0.5) is 5.82 Å². The number of carbonyl (C=O) groups is 1. The minimum atomic E-state index is 0.0956. The topological polar surface area (TPSA) is 61.4 Å². The second-order valence-electron chi connectivity index (χ2n) is 7.17. The molecule has 1 amide bonds. The average Bonchev–Trinajstić information content (AvgIpc) is 2.80. The van der Waals surface area contributed by atoms with Crippen molar-refractivity contribution in [2.45, 2.75) is 6.54 Å². The summed E-state index contributed by atoms with van der Waals surface area (Å²) in [6.07, 6.45) is 0. The number of benzene rings is 2. The first-order valence-corrected chi connectivity index (χ1v) is 9.95. The lowest BCUT2D eigenvalue weighted by molar-refractivity contribution is -0.131. The summed E-state index contributed by atoms with van der Waals surface area (Å²) in [6, 6.07) is 24.1. The van der Waals surface area contributed by atoms with E-state index in [9.17, 15) is 4.79 Å². The van der Waals surface area contributed by atoms with E-state index in [2.05, 4.69) is 44.7 Å². The largest absolute Gasteiger partial charge is 0.360 e. The number of nitrogens with zero attached hydrogens (tertiary/aromatic N) is 4. The lowest BCUT2D eigenvalue weighted by Crippen LogP contribution is -2.49. The quantitative estimate of drug-likeness (QED) is 0.705. The minimum Gasteiger partial charge on any atom is -0.360 e.